The molecular formula is C17H24N4O3S. The van der Waals surface area contributed by atoms with Gasteiger partial charge in [-0.15, -0.1) is 0 Å². The molecule has 25 heavy (non-hydrogen) atoms. The van der Waals surface area contributed by atoms with Crippen molar-refractivity contribution < 1.29 is 13.2 Å². The zero-order valence-corrected chi connectivity index (χ0v) is 15.8. The highest BCUT2D eigenvalue weighted by Crippen LogP contribution is 2.35. The molecule has 1 aliphatic heterocycles. The Morgan fingerprint density at radius 2 is 2.00 bits per heavy atom. The Morgan fingerprint density at radius 3 is 2.64 bits per heavy atom. The van der Waals surface area contributed by atoms with E-state index >= 15 is 0 Å². The molecule has 1 saturated heterocycles. The second kappa shape index (κ2) is 6.78. The van der Waals surface area contributed by atoms with Crippen LogP contribution in [0, 0.1) is 13.8 Å². The maximum atomic E-state index is 13.4. The van der Waals surface area contributed by atoms with E-state index < -0.39 is 10.0 Å². The van der Waals surface area contributed by atoms with E-state index in [0.29, 0.717) is 41.7 Å². The van der Waals surface area contributed by atoms with Gasteiger partial charge in [-0.1, -0.05) is 18.2 Å². The van der Waals surface area contributed by atoms with Crippen LogP contribution in [0.15, 0.2) is 29.2 Å². The summed E-state index contributed by atoms with van der Waals surface area (Å²) in [6.45, 7) is 5.08. The van der Waals surface area contributed by atoms with E-state index in [1.54, 1.807) is 37.0 Å². The predicted octanol–water partition coefficient (Wildman–Crippen LogP) is 1.38. The maximum absolute atomic E-state index is 13.4. The maximum Gasteiger partial charge on any atom is 0.247 e. The van der Waals surface area contributed by atoms with Gasteiger partial charge in [-0.2, -0.15) is 9.40 Å². The van der Waals surface area contributed by atoms with E-state index in [1.807, 2.05) is 24.3 Å². The van der Waals surface area contributed by atoms with E-state index in [2.05, 4.69) is 10.4 Å². The summed E-state index contributed by atoms with van der Waals surface area (Å²) in [5.41, 5.74) is 2.03. The van der Waals surface area contributed by atoms with Crippen LogP contribution in [0.25, 0.3) is 0 Å². The second-order valence-electron chi connectivity index (χ2n) is 6.20. The van der Waals surface area contributed by atoms with Crippen molar-refractivity contribution >= 4 is 10.0 Å². The number of piperazine rings is 1. The van der Waals surface area contributed by atoms with Gasteiger partial charge in [0.2, 0.25) is 10.0 Å². The van der Waals surface area contributed by atoms with E-state index in [0.717, 1.165) is 5.56 Å². The highest BCUT2D eigenvalue weighted by Gasteiger charge is 2.38. The van der Waals surface area contributed by atoms with Gasteiger partial charge in [0, 0.05) is 32.2 Å². The molecule has 1 aromatic carbocycles. The number of nitrogens with one attached hydrogen (secondary N) is 1. The monoisotopic (exact) mass is 364 g/mol. The molecule has 1 aliphatic rings. The molecule has 1 atom stereocenters. The predicted molar refractivity (Wildman–Crippen MR) is 95.2 cm³/mol. The van der Waals surface area contributed by atoms with E-state index in [9.17, 15) is 8.42 Å². The number of aromatic nitrogens is 2. The Kier molecular flexibility index (Phi) is 4.86. The van der Waals surface area contributed by atoms with Crippen LogP contribution in [0.4, 0.5) is 0 Å². The van der Waals surface area contributed by atoms with Crippen LogP contribution in [0.1, 0.15) is 23.0 Å². The lowest BCUT2D eigenvalue weighted by Gasteiger charge is -2.36. The van der Waals surface area contributed by atoms with E-state index in [-0.39, 0.29) is 6.04 Å². The van der Waals surface area contributed by atoms with Gasteiger partial charge in [-0.05, 0) is 19.9 Å². The van der Waals surface area contributed by atoms with Crippen LogP contribution in [-0.4, -0.2) is 49.2 Å². The van der Waals surface area contributed by atoms with Gasteiger partial charge in [0.15, 0.2) is 0 Å². The Hall–Kier alpha value is -1.90. The third kappa shape index (κ3) is 3.05. The largest absolute Gasteiger partial charge is 0.496 e. The van der Waals surface area contributed by atoms with Crippen molar-refractivity contribution in [3.8, 4) is 5.75 Å². The highest BCUT2D eigenvalue weighted by molar-refractivity contribution is 7.89. The molecule has 1 N–H and O–H groups in total. The Bertz CT molecular complexity index is 876. The summed E-state index contributed by atoms with van der Waals surface area (Å²) < 4.78 is 35.5. The summed E-state index contributed by atoms with van der Waals surface area (Å²) in [5.74, 6) is 0.691. The van der Waals surface area contributed by atoms with Crippen molar-refractivity contribution in [3.63, 3.8) is 0 Å². The molecule has 0 radical (unpaired) electrons. The minimum atomic E-state index is -3.67. The van der Waals surface area contributed by atoms with Crippen LogP contribution in [0.3, 0.4) is 0 Å². The molecule has 0 bridgehead atoms. The number of aryl methyl sites for hydroxylation is 2. The molecule has 0 amide bonds. The molecule has 2 heterocycles. The van der Waals surface area contributed by atoms with Crippen molar-refractivity contribution in [1.82, 2.24) is 19.4 Å². The second-order valence-corrected chi connectivity index (χ2v) is 8.03. The van der Waals surface area contributed by atoms with Crippen LogP contribution < -0.4 is 10.1 Å². The number of para-hydroxylation sites is 1. The number of sulfonamides is 1. The SMILES string of the molecule is COc1ccccc1C1CNCCN1S(=O)(=O)c1c(C)nn(C)c1C. The Labute approximate surface area is 148 Å². The number of ether oxygens (including phenoxy) is 1. The average molecular weight is 364 g/mol. The summed E-state index contributed by atoms with van der Waals surface area (Å²) in [4.78, 5) is 0.303. The molecule has 0 spiro atoms. The lowest BCUT2D eigenvalue weighted by atomic mass is 10.0. The van der Waals surface area contributed by atoms with Crippen molar-refractivity contribution in [3.05, 3.63) is 41.2 Å². The quantitative estimate of drug-likeness (QED) is 0.887. The minimum absolute atomic E-state index is 0.303. The standard InChI is InChI=1S/C17H24N4O3S/c1-12-17(13(2)20(3)19-12)25(22,23)21-10-9-18-11-15(21)14-7-5-6-8-16(14)24-4/h5-8,15,18H,9-11H2,1-4H3. The minimum Gasteiger partial charge on any atom is -0.496 e. The van der Waals surface area contributed by atoms with E-state index in [4.69, 9.17) is 4.74 Å². The highest BCUT2D eigenvalue weighted by atomic mass is 32.2. The van der Waals surface area contributed by atoms with Crippen molar-refractivity contribution in [2.45, 2.75) is 24.8 Å². The Balaban J connectivity index is 2.09. The first-order valence-electron chi connectivity index (χ1n) is 8.23. The topological polar surface area (TPSA) is 76.5 Å². The summed E-state index contributed by atoms with van der Waals surface area (Å²) in [6.07, 6.45) is 0. The summed E-state index contributed by atoms with van der Waals surface area (Å²) in [6, 6.07) is 7.23. The average Bonchev–Trinajstić information content (AvgIpc) is 2.87. The number of nitrogens with zero attached hydrogens (tertiary/aromatic N) is 3. The van der Waals surface area contributed by atoms with Gasteiger partial charge in [0.25, 0.3) is 0 Å². The van der Waals surface area contributed by atoms with Crippen molar-refractivity contribution in [2.24, 2.45) is 7.05 Å². The van der Waals surface area contributed by atoms with Crippen LogP contribution in [0.2, 0.25) is 0 Å². The molecule has 0 saturated carbocycles. The van der Waals surface area contributed by atoms with Gasteiger partial charge < -0.3 is 10.1 Å². The first kappa shape index (κ1) is 17.9. The molecule has 1 aromatic heterocycles. The zero-order chi connectivity index (χ0) is 18.2. The van der Waals surface area contributed by atoms with Gasteiger partial charge in [0.05, 0.1) is 24.5 Å². The number of hydrogen-bond donors (Lipinski definition) is 1. The first-order valence-corrected chi connectivity index (χ1v) is 9.67. The zero-order valence-electron chi connectivity index (χ0n) is 15.0. The van der Waals surface area contributed by atoms with Crippen LogP contribution in [-0.2, 0) is 17.1 Å². The molecule has 8 heteroatoms. The molecule has 3 rings (SSSR count). The third-order valence-corrected chi connectivity index (χ3v) is 6.86. The summed E-state index contributed by atoms with van der Waals surface area (Å²) in [7, 11) is -0.309. The van der Waals surface area contributed by atoms with Crippen molar-refractivity contribution in [1.29, 1.82) is 0 Å². The van der Waals surface area contributed by atoms with Gasteiger partial charge in [-0.3, -0.25) is 4.68 Å². The summed E-state index contributed by atoms with van der Waals surface area (Å²) >= 11 is 0. The fraction of sp³-hybridized carbons (Fsp3) is 0.471. The molecule has 2 aromatic rings. The number of hydrogen-bond acceptors (Lipinski definition) is 5. The molecule has 7 nitrogen and oxygen atoms in total. The van der Waals surface area contributed by atoms with Gasteiger partial charge in [0.1, 0.15) is 10.6 Å². The number of rotatable bonds is 4. The lowest BCUT2D eigenvalue weighted by Crippen LogP contribution is -2.48. The van der Waals surface area contributed by atoms with Crippen molar-refractivity contribution in [2.75, 3.05) is 26.7 Å². The normalized spacial score (nSPS) is 19.1. The first-order chi connectivity index (χ1) is 11.9. The van der Waals surface area contributed by atoms with Gasteiger partial charge >= 0.3 is 0 Å². The third-order valence-electron chi connectivity index (χ3n) is 4.70. The lowest BCUT2D eigenvalue weighted by molar-refractivity contribution is 0.264. The fourth-order valence-electron chi connectivity index (χ4n) is 3.42. The van der Waals surface area contributed by atoms with Gasteiger partial charge in [-0.25, -0.2) is 8.42 Å². The van der Waals surface area contributed by atoms with Crippen LogP contribution >= 0.6 is 0 Å². The fourth-order valence-corrected chi connectivity index (χ4v) is 5.43. The Morgan fingerprint density at radius 1 is 1.28 bits per heavy atom. The smallest absolute Gasteiger partial charge is 0.247 e. The molecule has 0 aliphatic carbocycles. The van der Waals surface area contributed by atoms with Crippen LogP contribution in [0.5, 0.6) is 5.75 Å². The van der Waals surface area contributed by atoms with E-state index in [1.165, 1.54) is 0 Å². The number of methoxy groups -OCH3 is 1. The molecule has 136 valence electrons. The molecule has 1 unspecified atom stereocenters. The number of benzene rings is 1. The summed E-state index contributed by atoms with van der Waals surface area (Å²) in [5, 5.41) is 7.56. The molecular weight excluding hydrogens is 340 g/mol. The molecule has 1 fully saturated rings.